The summed E-state index contributed by atoms with van der Waals surface area (Å²) in [5.41, 5.74) is 0.914. The van der Waals surface area contributed by atoms with Crippen LogP contribution in [0.15, 0.2) is 30.3 Å². The van der Waals surface area contributed by atoms with Crippen LogP contribution in [0.25, 0.3) is 0 Å². The quantitative estimate of drug-likeness (QED) is 0.578. The summed E-state index contributed by atoms with van der Waals surface area (Å²) < 4.78 is 0. The van der Waals surface area contributed by atoms with E-state index in [1.54, 1.807) is 17.0 Å². The van der Waals surface area contributed by atoms with Crippen molar-refractivity contribution in [1.29, 1.82) is 0 Å². The van der Waals surface area contributed by atoms with Crippen LogP contribution < -0.4 is 9.80 Å². The van der Waals surface area contributed by atoms with E-state index in [0.717, 1.165) is 30.5 Å². The van der Waals surface area contributed by atoms with E-state index in [9.17, 15) is 14.9 Å². The molecule has 9 nitrogen and oxygen atoms in total. The molecule has 1 amide bonds. The van der Waals surface area contributed by atoms with Crippen LogP contribution in [0.5, 0.6) is 0 Å². The van der Waals surface area contributed by atoms with E-state index in [1.807, 2.05) is 13.0 Å². The van der Waals surface area contributed by atoms with Gasteiger partial charge in [0.2, 0.25) is 5.95 Å². The maximum Gasteiger partial charge on any atom is 0.282 e. The van der Waals surface area contributed by atoms with Crippen molar-refractivity contribution in [3.63, 3.8) is 0 Å². The highest BCUT2D eigenvalue weighted by Crippen LogP contribution is 2.24. The number of rotatable bonds is 4. The summed E-state index contributed by atoms with van der Waals surface area (Å²) in [6, 6.07) is 8.08. The third kappa shape index (κ3) is 3.98. The third-order valence-electron chi connectivity index (χ3n) is 5.44. The number of nitrogens with zero attached hydrogens (tertiary/aromatic N) is 6. The molecule has 0 atom stereocenters. The monoisotopic (exact) mass is 396 g/mol. The number of hydrogen-bond donors (Lipinski definition) is 0. The van der Waals surface area contributed by atoms with Crippen molar-refractivity contribution in [3.05, 3.63) is 51.7 Å². The van der Waals surface area contributed by atoms with Gasteiger partial charge in [-0.2, -0.15) is 4.98 Å². The number of nitro benzene ring substituents is 1. The summed E-state index contributed by atoms with van der Waals surface area (Å²) in [5, 5.41) is 11.2. The smallest absolute Gasteiger partial charge is 0.282 e. The van der Waals surface area contributed by atoms with Crippen molar-refractivity contribution in [2.75, 3.05) is 49.1 Å². The van der Waals surface area contributed by atoms with Gasteiger partial charge in [-0.25, -0.2) is 4.98 Å². The van der Waals surface area contributed by atoms with Gasteiger partial charge in [0.1, 0.15) is 11.4 Å². The molecule has 2 aromatic rings. The molecular weight excluding hydrogens is 372 g/mol. The zero-order valence-electron chi connectivity index (χ0n) is 16.5. The number of piperazine rings is 1. The summed E-state index contributed by atoms with van der Waals surface area (Å²) in [5.74, 6) is 1.35. The van der Waals surface area contributed by atoms with Gasteiger partial charge in [-0.05, 0) is 25.8 Å². The van der Waals surface area contributed by atoms with Gasteiger partial charge in [0.25, 0.3) is 11.6 Å². The van der Waals surface area contributed by atoms with Gasteiger partial charge >= 0.3 is 0 Å². The van der Waals surface area contributed by atoms with Gasteiger partial charge in [0.15, 0.2) is 0 Å². The second-order valence-electron chi connectivity index (χ2n) is 7.42. The number of carbonyl (C=O) groups is 1. The number of nitro groups is 1. The van der Waals surface area contributed by atoms with E-state index in [2.05, 4.69) is 14.8 Å². The Morgan fingerprint density at radius 2 is 1.69 bits per heavy atom. The fraction of sp³-hybridized carbons (Fsp3) is 0.450. The number of aryl methyl sites for hydroxylation is 1. The van der Waals surface area contributed by atoms with Crippen LogP contribution in [0, 0.1) is 17.0 Å². The van der Waals surface area contributed by atoms with E-state index >= 15 is 0 Å². The zero-order chi connectivity index (χ0) is 20.4. The van der Waals surface area contributed by atoms with E-state index in [0.29, 0.717) is 26.2 Å². The summed E-state index contributed by atoms with van der Waals surface area (Å²) in [6.45, 7) is 6.19. The molecule has 29 heavy (non-hydrogen) atoms. The predicted molar refractivity (Wildman–Crippen MR) is 109 cm³/mol. The van der Waals surface area contributed by atoms with Gasteiger partial charge in [-0.15, -0.1) is 0 Å². The number of amides is 1. The summed E-state index contributed by atoms with van der Waals surface area (Å²) >= 11 is 0. The number of anilines is 2. The van der Waals surface area contributed by atoms with Crippen LogP contribution in [0.3, 0.4) is 0 Å². The van der Waals surface area contributed by atoms with Gasteiger partial charge in [-0.3, -0.25) is 14.9 Å². The lowest BCUT2D eigenvalue weighted by Gasteiger charge is -2.35. The molecule has 2 saturated heterocycles. The van der Waals surface area contributed by atoms with Crippen molar-refractivity contribution >= 4 is 23.4 Å². The van der Waals surface area contributed by atoms with Crippen LogP contribution in [-0.4, -0.2) is 65.0 Å². The second-order valence-corrected chi connectivity index (χ2v) is 7.42. The Hall–Kier alpha value is -3.23. The second kappa shape index (κ2) is 8.02. The lowest BCUT2D eigenvalue weighted by atomic mass is 10.1. The zero-order valence-corrected chi connectivity index (χ0v) is 16.5. The molecule has 1 aromatic carbocycles. The van der Waals surface area contributed by atoms with E-state index in [-0.39, 0.29) is 17.2 Å². The number of para-hydroxylation sites is 1. The average Bonchev–Trinajstić information content (AvgIpc) is 3.28. The molecule has 3 heterocycles. The molecule has 0 radical (unpaired) electrons. The molecule has 0 saturated carbocycles. The Labute approximate surface area is 169 Å². The minimum absolute atomic E-state index is 0.139. The first kappa shape index (κ1) is 19.1. The Morgan fingerprint density at radius 3 is 2.38 bits per heavy atom. The van der Waals surface area contributed by atoms with Crippen LogP contribution in [-0.2, 0) is 0 Å². The Balaban J connectivity index is 1.46. The molecule has 2 aliphatic rings. The molecule has 0 unspecified atom stereocenters. The molecule has 0 spiro atoms. The van der Waals surface area contributed by atoms with Crippen molar-refractivity contribution in [2.24, 2.45) is 0 Å². The molecule has 9 heteroatoms. The van der Waals surface area contributed by atoms with E-state index < -0.39 is 4.92 Å². The fourth-order valence-electron chi connectivity index (χ4n) is 3.88. The normalized spacial score (nSPS) is 16.9. The van der Waals surface area contributed by atoms with Crippen LogP contribution in [0.4, 0.5) is 17.5 Å². The summed E-state index contributed by atoms with van der Waals surface area (Å²) in [4.78, 5) is 38.9. The van der Waals surface area contributed by atoms with Crippen molar-refractivity contribution in [3.8, 4) is 0 Å². The van der Waals surface area contributed by atoms with Gasteiger partial charge in [0.05, 0.1) is 4.92 Å². The van der Waals surface area contributed by atoms with Crippen molar-refractivity contribution in [2.45, 2.75) is 19.8 Å². The highest BCUT2D eigenvalue weighted by molar-refractivity contribution is 5.98. The molecule has 0 bridgehead atoms. The van der Waals surface area contributed by atoms with Crippen LogP contribution in [0.1, 0.15) is 28.9 Å². The summed E-state index contributed by atoms with van der Waals surface area (Å²) in [6.07, 6.45) is 2.33. The lowest BCUT2D eigenvalue weighted by molar-refractivity contribution is -0.385. The number of hydrogen-bond acceptors (Lipinski definition) is 7. The number of carbonyl (C=O) groups excluding carboxylic acids is 1. The number of aromatic nitrogens is 2. The Kier molecular flexibility index (Phi) is 5.28. The summed E-state index contributed by atoms with van der Waals surface area (Å²) in [7, 11) is 0. The highest BCUT2D eigenvalue weighted by Gasteiger charge is 2.28. The minimum atomic E-state index is -0.507. The maximum atomic E-state index is 12.8. The first-order chi connectivity index (χ1) is 14.0. The molecule has 2 aliphatic heterocycles. The SMILES string of the molecule is Cc1cc(N2CCN(C(=O)c3ccccc3[N+](=O)[O-])CC2)nc(N2CCCC2)n1. The van der Waals surface area contributed by atoms with Gasteiger partial charge in [0, 0.05) is 57.1 Å². The fourth-order valence-corrected chi connectivity index (χ4v) is 3.88. The Morgan fingerprint density at radius 1 is 1.00 bits per heavy atom. The predicted octanol–water partition coefficient (Wildman–Crippen LogP) is 2.26. The van der Waals surface area contributed by atoms with Crippen molar-refractivity contribution in [1.82, 2.24) is 14.9 Å². The number of benzene rings is 1. The average molecular weight is 396 g/mol. The standard InChI is InChI=1S/C20H24N6O3/c1-15-14-18(22-20(21-15)25-8-4-5-9-25)23-10-12-24(13-11-23)19(27)16-6-2-3-7-17(16)26(28)29/h2-3,6-7,14H,4-5,8-13H2,1H3. The Bertz CT molecular complexity index is 920. The molecular formula is C20H24N6O3. The first-order valence-corrected chi connectivity index (χ1v) is 9.91. The molecule has 1 aromatic heterocycles. The van der Waals surface area contributed by atoms with Gasteiger partial charge < -0.3 is 14.7 Å². The highest BCUT2D eigenvalue weighted by atomic mass is 16.6. The molecule has 4 rings (SSSR count). The minimum Gasteiger partial charge on any atom is -0.353 e. The van der Waals surface area contributed by atoms with Gasteiger partial charge in [-0.1, -0.05) is 12.1 Å². The largest absolute Gasteiger partial charge is 0.353 e. The lowest BCUT2D eigenvalue weighted by Crippen LogP contribution is -2.49. The van der Waals surface area contributed by atoms with E-state index in [4.69, 9.17) is 4.98 Å². The van der Waals surface area contributed by atoms with Crippen LogP contribution >= 0.6 is 0 Å². The molecule has 0 N–H and O–H groups in total. The van der Waals surface area contributed by atoms with E-state index in [1.165, 1.54) is 25.0 Å². The first-order valence-electron chi connectivity index (χ1n) is 9.91. The molecule has 0 aliphatic carbocycles. The molecule has 2 fully saturated rings. The molecule has 152 valence electrons. The van der Waals surface area contributed by atoms with Crippen LogP contribution in [0.2, 0.25) is 0 Å². The van der Waals surface area contributed by atoms with Crippen molar-refractivity contribution < 1.29 is 9.72 Å². The maximum absolute atomic E-state index is 12.8. The third-order valence-corrected chi connectivity index (χ3v) is 5.44. The topological polar surface area (TPSA) is 95.7 Å².